The van der Waals surface area contributed by atoms with Crippen molar-refractivity contribution in [3.8, 4) is 0 Å². The zero-order valence-corrected chi connectivity index (χ0v) is 14.4. The predicted octanol–water partition coefficient (Wildman–Crippen LogP) is 5.32. The number of para-hydroxylation sites is 2. The van der Waals surface area contributed by atoms with Crippen molar-refractivity contribution in [3.05, 3.63) is 96.7 Å². The van der Waals surface area contributed by atoms with Gasteiger partial charge in [0.15, 0.2) is 0 Å². The molecule has 0 spiro atoms. The van der Waals surface area contributed by atoms with Crippen LogP contribution < -0.4 is 0 Å². The van der Waals surface area contributed by atoms with E-state index in [4.69, 9.17) is 5.11 Å². The van der Waals surface area contributed by atoms with E-state index in [1.54, 1.807) is 12.1 Å². The molecule has 0 amide bonds. The van der Waals surface area contributed by atoms with Crippen LogP contribution in [0, 0.1) is 0 Å². The van der Waals surface area contributed by atoms with Gasteiger partial charge in [0.05, 0.1) is 22.1 Å². The summed E-state index contributed by atoms with van der Waals surface area (Å²) in [7, 11) is 0. The number of fused-ring (bicyclic) bond motifs is 3. The standard InChI is InChI=1S/C14H9NO2.C9H7N/c16-14(17)10-5-3-7-13-11(10)8-9-4-1-2-6-12(9)15-13;1-2-6-9-8(4-1)5-3-7-10-9/h1-8H,(H,16,17);1-7H. The second kappa shape index (κ2) is 7.22. The van der Waals surface area contributed by atoms with Gasteiger partial charge in [0.1, 0.15) is 0 Å². The number of carbonyl (C=O) groups is 1. The van der Waals surface area contributed by atoms with E-state index >= 15 is 0 Å². The van der Waals surface area contributed by atoms with E-state index in [2.05, 4.69) is 22.1 Å². The Morgan fingerprint density at radius 2 is 1.37 bits per heavy atom. The van der Waals surface area contributed by atoms with Crippen LogP contribution in [0.15, 0.2) is 91.1 Å². The minimum atomic E-state index is -0.923. The number of benzene rings is 3. The van der Waals surface area contributed by atoms with Crippen LogP contribution in [0.4, 0.5) is 0 Å². The monoisotopic (exact) mass is 352 g/mol. The Morgan fingerprint density at radius 1 is 0.704 bits per heavy atom. The molecule has 0 bridgehead atoms. The summed E-state index contributed by atoms with van der Waals surface area (Å²) < 4.78 is 0. The summed E-state index contributed by atoms with van der Waals surface area (Å²) in [5.74, 6) is -0.923. The fourth-order valence-corrected chi connectivity index (χ4v) is 3.00. The number of carboxylic acid groups (broad SMARTS) is 1. The Hall–Kier alpha value is -3.79. The second-order valence-corrected chi connectivity index (χ2v) is 6.05. The molecule has 0 fully saturated rings. The van der Waals surface area contributed by atoms with E-state index in [-0.39, 0.29) is 0 Å². The van der Waals surface area contributed by atoms with Crippen LogP contribution in [-0.2, 0) is 0 Å². The van der Waals surface area contributed by atoms with E-state index in [0.717, 1.165) is 16.4 Å². The molecule has 130 valence electrons. The van der Waals surface area contributed by atoms with Crippen LogP contribution in [0.5, 0.6) is 0 Å². The molecule has 4 nitrogen and oxygen atoms in total. The molecule has 4 heteroatoms. The summed E-state index contributed by atoms with van der Waals surface area (Å²) >= 11 is 0. The SMILES string of the molecule is O=C(O)c1cccc2nc3ccccc3cc12.c1ccc2ncccc2c1. The quantitative estimate of drug-likeness (QED) is 0.415. The van der Waals surface area contributed by atoms with Crippen LogP contribution in [-0.4, -0.2) is 21.0 Å². The highest BCUT2D eigenvalue weighted by molar-refractivity contribution is 6.05. The van der Waals surface area contributed by atoms with Crippen LogP contribution in [0.2, 0.25) is 0 Å². The molecule has 0 saturated heterocycles. The third-order valence-corrected chi connectivity index (χ3v) is 4.30. The molecule has 0 unspecified atom stereocenters. The van der Waals surface area contributed by atoms with Crippen molar-refractivity contribution < 1.29 is 9.90 Å². The third kappa shape index (κ3) is 3.46. The maximum Gasteiger partial charge on any atom is 0.336 e. The Bertz CT molecular complexity index is 1200. The minimum Gasteiger partial charge on any atom is -0.478 e. The molecular formula is C23H16N2O2. The molecule has 0 aliphatic carbocycles. The number of hydrogen-bond donors (Lipinski definition) is 1. The zero-order chi connectivity index (χ0) is 18.6. The Morgan fingerprint density at radius 3 is 2.15 bits per heavy atom. The Kier molecular flexibility index (Phi) is 4.45. The first-order chi connectivity index (χ1) is 13.2. The molecule has 0 aliphatic heterocycles. The lowest BCUT2D eigenvalue weighted by Gasteiger charge is -2.04. The smallest absolute Gasteiger partial charge is 0.336 e. The molecule has 0 radical (unpaired) electrons. The van der Waals surface area contributed by atoms with Crippen LogP contribution >= 0.6 is 0 Å². The summed E-state index contributed by atoms with van der Waals surface area (Å²) in [5.41, 5.74) is 2.94. The van der Waals surface area contributed by atoms with Crippen LogP contribution in [0.25, 0.3) is 32.7 Å². The molecular weight excluding hydrogens is 336 g/mol. The highest BCUT2D eigenvalue weighted by Crippen LogP contribution is 2.22. The first-order valence-corrected chi connectivity index (χ1v) is 8.54. The van der Waals surface area contributed by atoms with Gasteiger partial charge >= 0.3 is 5.97 Å². The van der Waals surface area contributed by atoms with E-state index in [9.17, 15) is 4.79 Å². The summed E-state index contributed by atoms with van der Waals surface area (Å²) in [6, 6.07) is 26.8. The van der Waals surface area contributed by atoms with Gasteiger partial charge in [-0.25, -0.2) is 9.78 Å². The van der Waals surface area contributed by atoms with Crippen molar-refractivity contribution in [2.75, 3.05) is 0 Å². The third-order valence-electron chi connectivity index (χ3n) is 4.30. The number of aromatic nitrogens is 2. The van der Waals surface area contributed by atoms with Gasteiger partial charge in [-0.05, 0) is 36.4 Å². The van der Waals surface area contributed by atoms with Crippen LogP contribution in [0.1, 0.15) is 10.4 Å². The van der Waals surface area contributed by atoms with E-state index in [1.165, 1.54) is 5.39 Å². The van der Waals surface area contributed by atoms with Gasteiger partial charge in [0.25, 0.3) is 0 Å². The topological polar surface area (TPSA) is 63.1 Å². The molecule has 2 aromatic heterocycles. The molecule has 0 atom stereocenters. The highest BCUT2D eigenvalue weighted by atomic mass is 16.4. The fraction of sp³-hybridized carbons (Fsp3) is 0. The van der Waals surface area contributed by atoms with Gasteiger partial charge in [-0.1, -0.05) is 48.5 Å². The first kappa shape index (κ1) is 16.7. The number of carboxylic acids is 1. The molecule has 27 heavy (non-hydrogen) atoms. The lowest BCUT2D eigenvalue weighted by molar-refractivity contribution is 0.0699. The molecule has 5 aromatic rings. The molecule has 0 aliphatic rings. The molecule has 0 saturated carbocycles. The number of pyridine rings is 2. The average molecular weight is 352 g/mol. The maximum absolute atomic E-state index is 11.1. The zero-order valence-electron chi connectivity index (χ0n) is 14.4. The normalized spacial score (nSPS) is 10.5. The Balaban J connectivity index is 0.000000153. The Labute approximate surface area is 155 Å². The van der Waals surface area contributed by atoms with Crippen molar-refractivity contribution in [2.45, 2.75) is 0 Å². The number of aromatic carboxylic acids is 1. The second-order valence-electron chi connectivity index (χ2n) is 6.05. The van der Waals surface area contributed by atoms with Gasteiger partial charge in [0.2, 0.25) is 0 Å². The van der Waals surface area contributed by atoms with Crippen molar-refractivity contribution in [3.63, 3.8) is 0 Å². The molecule has 2 heterocycles. The van der Waals surface area contributed by atoms with Crippen LogP contribution in [0.3, 0.4) is 0 Å². The lowest BCUT2D eigenvalue weighted by Crippen LogP contribution is -1.97. The predicted molar refractivity (Wildman–Crippen MR) is 108 cm³/mol. The summed E-state index contributed by atoms with van der Waals surface area (Å²) in [4.78, 5) is 19.8. The number of nitrogens with zero attached hydrogens (tertiary/aromatic N) is 2. The summed E-state index contributed by atoms with van der Waals surface area (Å²) in [6.45, 7) is 0. The number of rotatable bonds is 1. The molecule has 1 N–H and O–H groups in total. The average Bonchev–Trinajstić information content (AvgIpc) is 2.72. The van der Waals surface area contributed by atoms with E-state index in [0.29, 0.717) is 16.5 Å². The van der Waals surface area contributed by atoms with Gasteiger partial charge in [-0.3, -0.25) is 4.98 Å². The van der Waals surface area contributed by atoms with Crippen molar-refractivity contribution in [1.29, 1.82) is 0 Å². The minimum absolute atomic E-state index is 0.292. The van der Waals surface area contributed by atoms with Crippen molar-refractivity contribution >= 4 is 38.7 Å². The van der Waals surface area contributed by atoms with Gasteiger partial charge < -0.3 is 5.11 Å². The van der Waals surface area contributed by atoms with Gasteiger partial charge in [0, 0.05) is 22.4 Å². The summed E-state index contributed by atoms with van der Waals surface area (Å²) in [6.07, 6.45) is 1.81. The van der Waals surface area contributed by atoms with Crippen molar-refractivity contribution in [2.24, 2.45) is 0 Å². The van der Waals surface area contributed by atoms with Crippen molar-refractivity contribution in [1.82, 2.24) is 9.97 Å². The largest absolute Gasteiger partial charge is 0.478 e. The molecule has 5 rings (SSSR count). The summed E-state index contributed by atoms with van der Waals surface area (Å²) in [5, 5.41) is 12.0. The number of hydrogen-bond acceptors (Lipinski definition) is 3. The van der Waals surface area contributed by atoms with Gasteiger partial charge in [-0.15, -0.1) is 0 Å². The maximum atomic E-state index is 11.1. The first-order valence-electron chi connectivity index (χ1n) is 8.54. The highest BCUT2D eigenvalue weighted by Gasteiger charge is 2.09. The lowest BCUT2D eigenvalue weighted by atomic mass is 10.1. The van der Waals surface area contributed by atoms with E-state index < -0.39 is 5.97 Å². The van der Waals surface area contributed by atoms with Gasteiger partial charge in [-0.2, -0.15) is 0 Å². The van der Waals surface area contributed by atoms with E-state index in [1.807, 2.05) is 66.9 Å². The fourth-order valence-electron chi connectivity index (χ4n) is 3.00. The molecule has 3 aromatic carbocycles.